The number of unbranched alkanes of at least 4 members (excludes halogenated alkanes) is 2. The first-order valence-electron chi connectivity index (χ1n) is 8.40. The Morgan fingerprint density at radius 3 is 2.72 bits per heavy atom. The van der Waals surface area contributed by atoms with Crippen molar-refractivity contribution in [3.8, 4) is 17.0 Å². The normalized spacial score (nSPS) is 10.1. The number of ether oxygens (including phenoxy) is 1. The van der Waals surface area contributed by atoms with Gasteiger partial charge >= 0.3 is 0 Å². The predicted octanol–water partition coefficient (Wildman–Crippen LogP) is 3.43. The Kier molecular flexibility index (Phi) is 9.58. The number of amides is 1. The zero-order valence-corrected chi connectivity index (χ0v) is 15.3. The van der Waals surface area contributed by atoms with Crippen LogP contribution in [0.4, 0.5) is 0 Å². The molecule has 1 amide bonds. The van der Waals surface area contributed by atoms with E-state index >= 15 is 0 Å². The van der Waals surface area contributed by atoms with Crippen molar-refractivity contribution < 1.29 is 9.53 Å². The van der Waals surface area contributed by atoms with Gasteiger partial charge < -0.3 is 15.8 Å². The van der Waals surface area contributed by atoms with E-state index in [1.165, 1.54) is 25.5 Å². The SMILES string of the molecule is CCCCCNCCOc1cccc(-c2ccc(C(N)=O)cn2)c1.Cl. The number of hydrogen-bond donors (Lipinski definition) is 2. The summed E-state index contributed by atoms with van der Waals surface area (Å²) in [6, 6.07) is 11.2. The van der Waals surface area contributed by atoms with Crippen molar-refractivity contribution in [1.29, 1.82) is 0 Å². The van der Waals surface area contributed by atoms with E-state index in [0.29, 0.717) is 12.2 Å². The highest BCUT2D eigenvalue weighted by Gasteiger charge is 2.04. The van der Waals surface area contributed by atoms with E-state index in [-0.39, 0.29) is 12.4 Å². The highest BCUT2D eigenvalue weighted by Crippen LogP contribution is 2.22. The van der Waals surface area contributed by atoms with Gasteiger partial charge in [0.1, 0.15) is 12.4 Å². The van der Waals surface area contributed by atoms with Crippen molar-refractivity contribution in [1.82, 2.24) is 10.3 Å². The Balaban J connectivity index is 0.00000312. The number of benzene rings is 1. The van der Waals surface area contributed by atoms with Gasteiger partial charge in [-0.15, -0.1) is 12.4 Å². The van der Waals surface area contributed by atoms with Crippen LogP contribution in [0.2, 0.25) is 0 Å². The molecular weight excluding hydrogens is 338 g/mol. The molecule has 1 heterocycles. The maximum atomic E-state index is 11.1. The van der Waals surface area contributed by atoms with E-state index < -0.39 is 5.91 Å². The number of nitrogens with one attached hydrogen (secondary N) is 1. The van der Waals surface area contributed by atoms with E-state index in [9.17, 15) is 4.79 Å². The van der Waals surface area contributed by atoms with Crippen molar-refractivity contribution in [2.24, 2.45) is 5.73 Å². The summed E-state index contributed by atoms with van der Waals surface area (Å²) < 4.78 is 5.77. The summed E-state index contributed by atoms with van der Waals surface area (Å²) in [4.78, 5) is 15.4. The third-order valence-corrected chi connectivity index (χ3v) is 3.68. The molecule has 5 nitrogen and oxygen atoms in total. The molecule has 25 heavy (non-hydrogen) atoms. The first-order chi connectivity index (χ1) is 11.7. The molecule has 2 aromatic rings. The molecule has 0 fully saturated rings. The molecular formula is C19H26ClN3O2. The first-order valence-corrected chi connectivity index (χ1v) is 8.40. The lowest BCUT2D eigenvalue weighted by Crippen LogP contribution is -2.22. The number of nitrogens with zero attached hydrogens (tertiary/aromatic N) is 1. The number of carbonyl (C=O) groups excluding carboxylic acids is 1. The van der Waals surface area contributed by atoms with E-state index in [1.54, 1.807) is 12.1 Å². The van der Waals surface area contributed by atoms with Crippen molar-refractivity contribution in [2.75, 3.05) is 19.7 Å². The molecule has 0 bridgehead atoms. The van der Waals surface area contributed by atoms with Crippen LogP contribution in [-0.4, -0.2) is 30.6 Å². The lowest BCUT2D eigenvalue weighted by atomic mass is 10.1. The van der Waals surface area contributed by atoms with Gasteiger partial charge in [0.2, 0.25) is 5.91 Å². The number of hydrogen-bond acceptors (Lipinski definition) is 4. The van der Waals surface area contributed by atoms with Crippen LogP contribution < -0.4 is 15.8 Å². The van der Waals surface area contributed by atoms with E-state index in [2.05, 4.69) is 17.2 Å². The quantitative estimate of drug-likeness (QED) is 0.634. The average molecular weight is 364 g/mol. The minimum Gasteiger partial charge on any atom is -0.492 e. The zero-order chi connectivity index (χ0) is 17.2. The van der Waals surface area contributed by atoms with Gasteiger partial charge in [-0.2, -0.15) is 0 Å². The fraction of sp³-hybridized carbons (Fsp3) is 0.368. The van der Waals surface area contributed by atoms with Gasteiger partial charge in [-0.3, -0.25) is 9.78 Å². The van der Waals surface area contributed by atoms with Crippen molar-refractivity contribution in [3.05, 3.63) is 48.2 Å². The number of rotatable bonds is 10. The topological polar surface area (TPSA) is 77.2 Å². The minimum absolute atomic E-state index is 0. The number of carbonyl (C=O) groups is 1. The minimum atomic E-state index is -0.474. The molecule has 0 spiro atoms. The summed E-state index contributed by atoms with van der Waals surface area (Å²) in [6.07, 6.45) is 5.20. The molecule has 1 aromatic heterocycles. The van der Waals surface area contributed by atoms with Crippen LogP contribution >= 0.6 is 12.4 Å². The maximum Gasteiger partial charge on any atom is 0.250 e. The second kappa shape index (κ2) is 11.4. The molecule has 3 N–H and O–H groups in total. The van der Waals surface area contributed by atoms with Crippen LogP contribution in [0.25, 0.3) is 11.3 Å². The first kappa shape index (κ1) is 20.9. The molecule has 6 heteroatoms. The molecule has 0 atom stereocenters. The second-order valence-electron chi connectivity index (χ2n) is 5.63. The van der Waals surface area contributed by atoms with Gasteiger partial charge in [0, 0.05) is 18.3 Å². The van der Waals surface area contributed by atoms with Crippen LogP contribution in [-0.2, 0) is 0 Å². The van der Waals surface area contributed by atoms with Crippen molar-refractivity contribution in [3.63, 3.8) is 0 Å². The van der Waals surface area contributed by atoms with Crippen LogP contribution in [0, 0.1) is 0 Å². The van der Waals surface area contributed by atoms with E-state index in [0.717, 1.165) is 30.1 Å². The smallest absolute Gasteiger partial charge is 0.250 e. The molecule has 0 radical (unpaired) electrons. The number of nitrogens with two attached hydrogens (primary N) is 1. The van der Waals surface area contributed by atoms with Gasteiger partial charge in [0.15, 0.2) is 0 Å². The molecule has 136 valence electrons. The predicted molar refractivity (Wildman–Crippen MR) is 103 cm³/mol. The maximum absolute atomic E-state index is 11.1. The van der Waals surface area contributed by atoms with Gasteiger partial charge in [-0.25, -0.2) is 0 Å². The van der Waals surface area contributed by atoms with Gasteiger partial charge in [0.05, 0.1) is 11.3 Å². The molecule has 0 unspecified atom stereocenters. The summed E-state index contributed by atoms with van der Waals surface area (Å²) >= 11 is 0. The highest BCUT2D eigenvalue weighted by atomic mass is 35.5. The molecule has 2 rings (SSSR count). The Morgan fingerprint density at radius 1 is 1.20 bits per heavy atom. The molecule has 0 aliphatic rings. The largest absolute Gasteiger partial charge is 0.492 e. The number of primary amides is 1. The Morgan fingerprint density at radius 2 is 2.04 bits per heavy atom. The summed E-state index contributed by atoms with van der Waals surface area (Å²) in [5, 5.41) is 3.37. The van der Waals surface area contributed by atoms with Gasteiger partial charge in [-0.05, 0) is 37.2 Å². The third-order valence-electron chi connectivity index (χ3n) is 3.68. The molecule has 1 aromatic carbocycles. The van der Waals surface area contributed by atoms with Crippen LogP contribution in [0.1, 0.15) is 36.5 Å². The van der Waals surface area contributed by atoms with Gasteiger partial charge in [0.25, 0.3) is 0 Å². The summed E-state index contributed by atoms with van der Waals surface area (Å²) in [7, 11) is 0. The van der Waals surface area contributed by atoms with Gasteiger partial charge in [-0.1, -0.05) is 31.9 Å². The van der Waals surface area contributed by atoms with Crippen LogP contribution in [0.15, 0.2) is 42.6 Å². The third kappa shape index (κ3) is 7.11. The standard InChI is InChI=1S/C19H25N3O2.ClH/c1-2-3-4-10-21-11-12-24-17-7-5-6-15(13-17)18-9-8-16(14-22-18)19(20)23;/h5-9,13-14,21H,2-4,10-12H2,1H3,(H2,20,23);1H. The summed E-state index contributed by atoms with van der Waals surface area (Å²) in [5.74, 6) is 0.334. The Hall–Kier alpha value is -2.11. The summed E-state index contributed by atoms with van der Waals surface area (Å²) in [6.45, 7) is 4.70. The second-order valence-corrected chi connectivity index (χ2v) is 5.63. The number of halogens is 1. The molecule has 0 aliphatic heterocycles. The summed E-state index contributed by atoms with van der Waals surface area (Å²) in [5.41, 5.74) is 7.36. The monoisotopic (exact) mass is 363 g/mol. The molecule has 0 aliphatic carbocycles. The van der Waals surface area contributed by atoms with E-state index in [1.807, 2.05) is 24.3 Å². The number of aromatic nitrogens is 1. The average Bonchev–Trinajstić information content (AvgIpc) is 2.61. The number of pyridine rings is 1. The lowest BCUT2D eigenvalue weighted by molar-refractivity contribution is 0.1000. The highest BCUT2D eigenvalue weighted by molar-refractivity contribution is 5.92. The van der Waals surface area contributed by atoms with Crippen molar-refractivity contribution in [2.45, 2.75) is 26.2 Å². The molecule has 0 saturated heterocycles. The molecule has 0 saturated carbocycles. The van der Waals surface area contributed by atoms with Crippen LogP contribution in [0.3, 0.4) is 0 Å². The Bertz CT molecular complexity index is 647. The zero-order valence-electron chi connectivity index (χ0n) is 14.5. The van der Waals surface area contributed by atoms with Crippen LogP contribution in [0.5, 0.6) is 5.75 Å². The fourth-order valence-electron chi connectivity index (χ4n) is 2.32. The van der Waals surface area contributed by atoms with E-state index in [4.69, 9.17) is 10.5 Å². The van der Waals surface area contributed by atoms with Crippen molar-refractivity contribution >= 4 is 18.3 Å². The Labute approximate surface area is 155 Å². The lowest BCUT2D eigenvalue weighted by Gasteiger charge is -2.09. The fourth-order valence-corrected chi connectivity index (χ4v) is 2.32.